The van der Waals surface area contributed by atoms with Crippen molar-refractivity contribution < 1.29 is 29.3 Å². The molecule has 0 unspecified atom stereocenters. The largest absolute Gasteiger partial charge is 0.478 e. The monoisotopic (exact) mass is 354 g/mol. The predicted octanol–water partition coefficient (Wildman–Crippen LogP) is 3.41. The number of carbonyl (C=O) groups excluding carboxylic acids is 1. The van der Waals surface area contributed by atoms with Gasteiger partial charge in [-0.15, -0.1) is 0 Å². The highest BCUT2D eigenvalue weighted by atomic mass is 16.5. The third kappa shape index (κ3) is 4.16. The first kappa shape index (κ1) is 18.9. The fraction of sp³-hybridized carbons (Fsp3) is 0.150. The van der Waals surface area contributed by atoms with Gasteiger partial charge in [0.2, 0.25) is 0 Å². The lowest BCUT2D eigenvalue weighted by Crippen LogP contribution is -2.12. The number of ether oxygens (including phenoxy) is 1. The zero-order chi connectivity index (χ0) is 19.3. The average Bonchev–Trinajstić information content (AvgIpc) is 2.61. The average molecular weight is 354 g/mol. The first-order valence-electron chi connectivity index (χ1n) is 7.83. The second-order valence-electron chi connectivity index (χ2n) is 5.66. The first-order valence-corrected chi connectivity index (χ1v) is 7.83. The summed E-state index contributed by atoms with van der Waals surface area (Å²) in [6.07, 6.45) is 0.184. The van der Waals surface area contributed by atoms with Gasteiger partial charge in [0.05, 0.1) is 17.7 Å². The molecule has 2 rings (SSSR count). The maximum atomic E-state index is 11.8. The number of hydrogen-bond acceptors (Lipinski definition) is 4. The van der Waals surface area contributed by atoms with E-state index < -0.39 is 17.9 Å². The van der Waals surface area contributed by atoms with Gasteiger partial charge in [-0.25, -0.2) is 14.4 Å². The highest BCUT2D eigenvalue weighted by Gasteiger charge is 2.20. The molecule has 6 heteroatoms. The highest BCUT2D eigenvalue weighted by molar-refractivity contribution is 6.03. The van der Waals surface area contributed by atoms with Gasteiger partial charge in [0, 0.05) is 12.0 Å². The van der Waals surface area contributed by atoms with Crippen LogP contribution in [-0.2, 0) is 16.0 Å². The van der Waals surface area contributed by atoms with Crippen LogP contribution >= 0.6 is 0 Å². The number of aromatic carboxylic acids is 2. The molecule has 0 atom stereocenters. The normalized spacial score (nSPS) is 10.2. The summed E-state index contributed by atoms with van der Waals surface area (Å²) >= 11 is 0. The van der Waals surface area contributed by atoms with E-state index >= 15 is 0 Å². The molecular formula is C20H18O6. The maximum absolute atomic E-state index is 11.8. The summed E-state index contributed by atoms with van der Waals surface area (Å²) in [5.41, 5.74) is 1.34. The van der Waals surface area contributed by atoms with Gasteiger partial charge in [0.15, 0.2) is 0 Å². The lowest BCUT2D eigenvalue weighted by molar-refractivity contribution is -0.138. The zero-order valence-corrected chi connectivity index (χ0v) is 14.2. The van der Waals surface area contributed by atoms with E-state index in [1.54, 1.807) is 36.4 Å². The Morgan fingerprint density at radius 2 is 1.62 bits per heavy atom. The molecule has 0 aromatic heterocycles. The highest BCUT2D eigenvalue weighted by Crippen LogP contribution is 2.30. The molecule has 6 nitrogen and oxygen atoms in total. The summed E-state index contributed by atoms with van der Waals surface area (Å²) in [5, 5.41) is 19.0. The molecule has 0 radical (unpaired) electrons. The van der Waals surface area contributed by atoms with Crippen LogP contribution < -0.4 is 0 Å². The van der Waals surface area contributed by atoms with Crippen molar-refractivity contribution in [2.75, 3.05) is 6.61 Å². The molecule has 0 spiro atoms. The Labute approximate surface area is 150 Å². The van der Waals surface area contributed by atoms with Crippen molar-refractivity contribution >= 4 is 17.9 Å². The molecule has 0 aliphatic rings. The molecule has 134 valence electrons. The van der Waals surface area contributed by atoms with Crippen LogP contribution in [0, 0.1) is 0 Å². The van der Waals surface area contributed by atoms with Crippen molar-refractivity contribution in [3.05, 3.63) is 71.3 Å². The second kappa shape index (κ2) is 8.11. The minimum Gasteiger partial charge on any atom is -0.478 e. The molecule has 0 aliphatic carbocycles. The predicted molar refractivity (Wildman–Crippen MR) is 95.3 cm³/mol. The molecule has 0 fully saturated rings. The van der Waals surface area contributed by atoms with Crippen LogP contribution in [0.4, 0.5) is 0 Å². The summed E-state index contributed by atoms with van der Waals surface area (Å²) in [6, 6.07) is 11.0. The van der Waals surface area contributed by atoms with Crippen LogP contribution in [0.3, 0.4) is 0 Å². The number of benzene rings is 2. The van der Waals surface area contributed by atoms with E-state index in [2.05, 4.69) is 6.58 Å². The maximum Gasteiger partial charge on any atom is 0.336 e. The third-order valence-electron chi connectivity index (χ3n) is 3.77. The van der Waals surface area contributed by atoms with E-state index in [0.717, 1.165) is 0 Å². The molecule has 0 aliphatic heterocycles. The van der Waals surface area contributed by atoms with Crippen LogP contribution in [-0.4, -0.2) is 34.7 Å². The van der Waals surface area contributed by atoms with Crippen LogP contribution in [0.1, 0.15) is 33.2 Å². The van der Waals surface area contributed by atoms with Crippen molar-refractivity contribution in [1.29, 1.82) is 0 Å². The quantitative estimate of drug-likeness (QED) is 0.584. The summed E-state index contributed by atoms with van der Waals surface area (Å²) < 4.78 is 5.02. The summed E-state index contributed by atoms with van der Waals surface area (Å²) in [4.78, 5) is 34.7. The number of esters is 1. The van der Waals surface area contributed by atoms with Gasteiger partial charge in [-0.05, 0) is 29.7 Å². The minimum atomic E-state index is -1.18. The van der Waals surface area contributed by atoms with Gasteiger partial charge in [0.25, 0.3) is 0 Å². The molecule has 2 aromatic rings. The Balaban J connectivity index is 2.44. The number of carboxylic acids is 2. The second-order valence-corrected chi connectivity index (χ2v) is 5.66. The van der Waals surface area contributed by atoms with Gasteiger partial charge < -0.3 is 14.9 Å². The molecule has 2 N–H and O–H groups in total. The van der Waals surface area contributed by atoms with Crippen LogP contribution in [0.15, 0.2) is 54.6 Å². The summed E-state index contributed by atoms with van der Waals surface area (Å²) in [5.74, 6) is -2.87. The van der Waals surface area contributed by atoms with Gasteiger partial charge >= 0.3 is 17.9 Å². The van der Waals surface area contributed by atoms with Crippen molar-refractivity contribution in [2.24, 2.45) is 0 Å². The van der Waals surface area contributed by atoms with Crippen molar-refractivity contribution in [3.63, 3.8) is 0 Å². The summed E-state index contributed by atoms with van der Waals surface area (Å²) in [6.45, 7) is 5.00. The van der Waals surface area contributed by atoms with Crippen molar-refractivity contribution in [2.45, 2.75) is 13.3 Å². The zero-order valence-electron chi connectivity index (χ0n) is 14.2. The van der Waals surface area contributed by atoms with Crippen LogP contribution in [0.2, 0.25) is 0 Å². The fourth-order valence-corrected chi connectivity index (χ4v) is 2.57. The van der Waals surface area contributed by atoms with Crippen LogP contribution in [0.25, 0.3) is 11.1 Å². The summed E-state index contributed by atoms with van der Waals surface area (Å²) in [7, 11) is 0. The van der Waals surface area contributed by atoms with E-state index in [4.69, 9.17) is 4.74 Å². The standard InChI is InChI=1S/C20H18O6/c1-12(2)20(25)26-11-10-13-6-5-9-15(17(13)19(23)24)14-7-3-4-8-16(14)18(21)22/h3-9H,1,10-11H2,2H3,(H,21,22)(H,23,24). The molecule has 0 amide bonds. The number of carboxylic acid groups (broad SMARTS) is 2. The lowest BCUT2D eigenvalue weighted by atomic mass is 9.91. The van der Waals surface area contributed by atoms with Gasteiger partial charge in [0.1, 0.15) is 0 Å². The Morgan fingerprint density at radius 3 is 2.23 bits per heavy atom. The number of rotatable bonds is 7. The smallest absolute Gasteiger partial charge is 0.336 e. The van der Waals surface area contributed by atoms with Crippen molar-refractivity contribution in [1.82, 2.24) is 0 Å². The first-order chi connectivity index (χ1) is 12.3. The van der Waals surface area contributed by atoms with E-state index in [-0.39, 0.29) is 29.7 Å². The van der Waals surface area contributed by atoms with E-state index in [9.17, 15) is 24.6 Å². The number of carbonyl (C=O) groups is 3. The molecular weight excluding hydrogens is 336 g/mol. The van der Waals surface area contributed by atoms with Crippen molar-refractivity contribution in [3.8, 4) is 11.1 Å². The van der Waals surface area contributed by atoms with Gasteiger partial charge in [-0.1, -0.05) is 43.0 Å². The Morgan fingerprint density at radius 1 is 0.962 bits per heavy atom. The SMILES string of the molecule is C=C(C)C(=O)OCCc1cccc(-c2ccccc2C(=O)O)c1C(=O)O. The third-order valence-corrected chi connectivity index (χ3v) is 3.77. The molecule has 0 bridgehead atoms. The minimum absolute atomic E-state index is 0.00396. The molecule has 0 heterocycles. The fourth-order valence-electron chi connectivity index (χ4n) is 2.57. The molecule has 2 aromatic carbocycles. The Hall–Kier alpha value is -3.41. The van der Waals surface area contributed by atoms with E-state index in [0.29, 0.717) is 16.7 Å². The van der Waals surface area contributed by atoms with Gasteiger partial charge in [-0.2, -0.15) is 0 Å². The van der Waals surface area contributed by atoms with Crippen LogP contribution in [0.5, 0.6) is 0 Å². The van der Waals surface area contributed by atoms with E-state index in [1.807, 2.05) is 0 Å². The topological polar surface area (TPSA) is 101 Å². The number of hydrogen-bond donors (Lipinski definition) is 2. The molecule has 0 saturated heterocycles. The Kier molecular flexibility index (Phi) is 5.90. The molecule has 26 heavy (non-hydrogen) atoms. The van der Waals surface area contributed by atoms with E-state index in [1.165, 1.54) is 13.0 Å². The Bertz CT molecular complexity index is 882. The van der Waals surface area contributed by atoms with Gasteiger partial charge in [-0.3, -0.25) is 0 Å². The lowest BCUT2D eigenvalue weighted by Gasteiger charge is -2.14. The molecule has 0 saturated carbocycles.